The molecule has 1 heterocycles. The van der Waals surface area contributed by atoms with Gasteiger partial charge in [0.1, 0.15) is 5.75 Å². The van der Waals surface area contributed by atoms with Crippen LogP contribution in [0.25, 0.3) is 11.3 Å². The number of aryl methyl sites for hydroxylation is 4. The van der Waals surface area contributed by atoms with Crippen molar-refractivity contribution in [2.75, 3.05) is 11.9 Å². The van der Waals surface area contributed by atoms with Gasteiger partial charge in [-0.25, -0.2) is 4.98 Å². The molecular formula is C21H22N2O2S. The third-order valence-corrected chi connectivity index (χ3v) is 4.93. The normalized spacial score (nSPS) is 10.6. The van der Waals surface area contributed by atoms with Crippen molar-refractivity contribution in [3.05, 3.63) is 64.0 Å². The van der Waals surface area contributed by atoms with E-state index in [4.69, 9.17) is 4.74 Å². The van der Waals surface area contributed by atoms with Gasteiger partial charge in [0.25, 0.3) is 5.91 Å². The zero-order valence-electron chi connectivity index (χ0n) is 15.4. The van der Waals surface area contributed by atoms with Gasteiger partial charge in [0.05, 0.1) is 5.69 Å². The molecule has 0 saturated carbocycles. The second kappa shape index (κ2) is 7.70. The maximum atomic E-state index is 12.2. The number of nitrogens with one attached hydrogen (secondary N) is 1. The molecule has 1 N–H and O–H groups in total. The molecule has 0 radical (unpaired) electrons. The van der Waals surface area contributed by atoms with Crippen LogP contribution in [-0.2, 0) is 4.79 Å². The number of para-hydroxylation sites is 1. The Kier molecular flexibility index (Phi) is 5.38. The number of carbonyl (C=O) groups excluding carboxylic acids is 1. The maximum absolute atomic E-state index is 12.2. The van der Waals surface area contributed by atoms with Crippen LogP contribution in [0.2, 0.25) is 0 Å². The van der Waals surface area contributed by atoms with Gasteiger partial charge in [-0.15, -0.1) is 11.3 Å². The van der Waals surface area contributed by atoms with Crippen LogP contribution in [0.4, 0.5) is 5.13 Å². The highest BCUT2D eigenvalue weighted by Gasteiger charge is 2.11. The molecule has 0 aliphatic rings. The van der Waals surface area contributed by atoms with Crippen LogP contribution in [-0.4, -0.2) is 17.5 Å². The summed E-state index contributed by atoms with van der Waals surface area (Å²) in [6.45, 7) is 8.02. The average molecular weight is 366 g/mol. The van der Waals surface area contributed by atoms with E-state index >= 15 is 0 Å². The van der Waals surface area contributed by atoms with Crippen molar-refractivity contribution in [1.82, 2.24) is 4.98 Å². The van der Waals surface area contributed by atoms with Crippen molar-refractivity contribution >= 4 is 22.4 Å². The van der Waals surface area contributed by atoms with E-state index in [1.54, 1.807) is 0 Å². The Bertz CT molecular complexity index is 927. The SMILES string of the molecule is Cc1ccc(C)c(-c2csc(NC(=O)COc3c(C)cccc3C)n2)c1. The molecule has 0 fully saturated rings. The highest BCUT2D eigenvalue weighted by Crippen LogP contribution is 2.28. The Morgan fingerprint density at radius 1 is 1.08 bits per heavy atom. The highest BCUT2D eigenvalue weighted by molar-refractivity contribution is 7.14. The Labute approximate surface area is 157 Å². The molecule has 0 spiro atoms. The van der Waals surface area contributed by atoms with Gasteiger partial charge < -0.3 is 4.74 Å². The van der Waals surface area contributed by atoms with Crippen LogP contribution < -0.4 is 10.1 Å². The number of nitrogens with zero attached hydrogens (tertiary/aromatic N) is 1. The second-order valence-corrected chi connectivity index (χ2v) is 7.27. The van der Waals surface area contributed by atoms with E-state index < -0.39 is 0 Å². The van der Waals surface area contributed by atoms with Crippen molar-refractivity contribution < 1.29 is 9.53 Å². The van der Waals surface area contributed by atoms with Crippen LogP contribution in [0.3, 0.4) is 0 Å². The number of aromatic nitrogens is 1. The van der Waals surface area contributed by atoms with E-state index in [1.807, 2.05) is 37.4 Å². The smallest absolute Gasteiger partial charge is 0.264 e. The summed E-state index contributed by atoms with van der Waals surface area (Å²) in [5.41, 5.74) is 6.35. The van der Waals surface area contributed by atoms with Crippen LogP contribution in [0.15, 0.2) is 41.8 Å². The topological polar surface area (TPSA) is 51.2 Å². The molecule has 1 aromatic heterocycles. The average Bonchev–Trinajstić information content (AvgIpc) is 3.05. The van der Waals surface area contributed by atoms with Gasteiger partial charge in [-0.05, 0) is 50.5 Å². The Balaban J connectivity index is 1.66. The van der Waals surface area contributed by atoms with E-state index in [-0.39, 0.29) is 12.5 Å². The Morgan fingerprint density at radius 2 is 1.81 bits per heavy atom. The van der Waals surface area contributed by atoms with Crippen molar-refractivity contribution in [1.29, 1.82) is 0 Å². The highest BCUT2D eigenvalue weighted by atomic mass is 32.1. The lowest BCUT2D eigenvalue weighted by atomic mass is 10.0. The third-order valence-electron chi connectivity index (χ3n) is 4.18. The number of benzene rings is 2. The minimum Gasteiger partial charge on any atom is -0.483 e. The number of amides is 1. The van der Waals surface area contributed by atoms with Crippen LogP contribution in [0, 0.1) is 27.7 Å². The molecule has 0 aliphatic carbocycles. The number of ether oxygens (including phenoxy) is 1. The molecule has 4 nitrogen and oxygen atoms in total. The van der Waals surface area contributed by atoms with Crippen molar-refractivity contribution in [3.8, 4) is 17.0 Å². The molecule has 0 unspecified atom stereocenters. The second-order valence-electron chi connectivity index (χ2n) is 6.41. The van der Waals surface area contributed by atoms with Gasteiger partial charge in [0.2, 0.25) is 0 Å². The Morgan fingerprint density at radius 3 is 2.54 bits per heavy atom. The standard InChI is InChI=1S/C21H22N2O2S/c1-13-8-9-14(2)17(10-13)18-12-26-21(22-18)23-19(24)11-25-20-15(3)6-5-7-16(20)4/h5-10,12H,11H2,1-4H3,(H,22,23,24). The molecular weight excluding hydrogens is 344 g/mol. The number of rotatable bonds is 5. The fourth-order valence-electron chi connectivity index (χ4n) is 2.79. The third kappa shape index (κ3) is 4.11. The lowest BCUT2D eigenvalue weighted by Crippen LogP contribution is -2.20. The van der Waals surface area contributed by atoms with E-state index in [0.29, 0.717) is 5.13 Å². The zero-order valence-corrected chi connectivity index (χ0v) is 16.2. The number of thiazole rings is 1. The molecule has 1 amide bonds. The van der Waals surface area contributed by atoms with Gasteiger partial charge in [-0.3, -0.25) is 10.1 Å². The lowest BCUT2D eigenvalue weighted by Gasteiger charge is -2.11. The van der Waals surface area contributed by atoms with Crippen LogP contribution >= 0.6 is 11.3 Å². The molecule has 134 valence electrons. The quantitative estimate of drug-likeness (QED) is 0.686. The minimum atomic E-state index is -0.213. The number of hydrogen-bond donors (Lipinski definition) is 1. The fraction of sp³-hybridized carbons (Fsp3) is 0.238. The zero-order chi connectivity index (χ0) is 18.7. The van der Waals surface area contributed by atoms with Crippen molar-refractivity contribution in [2.24, 2.45) is 0 Å². The monoisotopic (exact) mass is 366 g/mol. The van der Waals surface area contributed by atoms with Gasteiger partial charge in [0.15, 0.2) is 11.7 Å². The minimum absolute atomic E-state index is 0.0376. The first-order valence-corrected chi connectivity index (χ1v) is 9.34. The first-order valence-electron chi connectivity index (χ1n) is 8.46. The van der Waals surface area contributed by atoms with Crippen LogP contribution in [0.1, 0.15) is 22.3 Å². The number of anilines is 1. The van der Waals surface area contributed by atoms with E-state index in [0.717, 1.165) is 33.7 Å². The molecule has 0 saturated heterocycles. The molecule has 26 heavy (non-hydrogen) atoms. The van der Waals surface area contributed by atoms with Crippen molar-refractivity contribution in [2.45, 2.75) is 27.7 Å². The van der Waals surface area contributed by atoms with E-state index in [1.165, 1.54) is 16.9 Å². The molecule has 3 aromatic rings. The molecule has 2 aromatic carbocycles. The van der Waals surface area contributed by atoms with Crippen molar-refractivity contribution in [3.63, 3.8) is 0 Å². The number of hydrogen-bond acceptors (Lipinski definition) is 4. The first kappa shape index (κ1) is 18.1. The Hall–Kier alpha value is -2.66. The lowest BCUT2D eigenvalue weighted by molar-refractivity contribution is -0.118. The predicted octanol–water partition coefficient (Wildman–Crippen LogP) is 5.06. The van der Waals surface area contributed by atoms with E-state index in [2.05, 4.69) is 42.3 Å². The molecule has 0 atom stereocenters. The summed E-state index contributed by atoms with van der Waals surface area (Å²) in [7, 11) is 0. The molecule has 0 aliphatic heterocycles. The van der Waals surface area contributed by atoms with Gasteiger partial charge in [-0.1, -0.05) is 35.9 Å². The van der Waals surface area contributed by atoms with Crippen LogP contribution in [0.5, 0.6) is 5.75 Å². The van der Waals surface area contributed by atoms with Gasteiger partial charge in [0, 0.05) is 10.9 Å². The van der Waals surface area contributed by atoms with Gasteiger partial charge >= 0.3 is 0 Å². The molecule has 3 rings (SSSR count). The fourth-order valence-corrected chi connectivity index (χ4v) is 3.51. The summed E-state index contributed by atoms with van der Waals surface area (Å²) in [4.78, 5) is 16.7. The summed E-state index contributed by atoms with van der Waals surface area (Å²) in [6, 6.07) is 12.2. The summed E-state index contributed by atoms with van der Waals surface area (Å²) >= 11 is 1.42. The maximum Gasteiger partial charge on any atom is 0.264 e. The van der Waals surface area contributed by atoms with Gasteiger partial charge in [-0.2, -0.15) is 0 Å². The first-order chi connectivity index (χ1) is 12.4. The number of carbonyl (C=O) groups is 1. The van der Waals surface area contributed by atoms with E-state index in [9.17, 15) is 4.79 Å². The molecule has 0 bridgehead atoms. The summed E-state index contributed by atoms with van der Waals surface area (Å²) in [5.74, 6) is 0.549. The summed E-state index contributed by atoms with van der Waals surface area (Å²) < 4.78 is 5.69. The molecule has 5 heteroatoms. The largest absolute Gasteiger partial charge is 0.483 e. The summed E-state index contributed by atoms with van der Waals surface area (Å²) in [5, 5.41) is 5.36. The predicted molar refractivity (Wildman–Crippen MR) is 107 cm³/mol. The summed E-state index contributed by atoms with van der Waals surface area (Å²) in [6.07, 6.45) is 0.